The molecule has 0 atom stereocenters. The molecule has 2 aromatic carbocycles. The summed E-state index contributed by atoms with van der Waals surface area (Å²) in [4.78, 5) is 4.81. The molecule has 0 saturated carbocycles. The van der Waals surface area contributed by atoms with Gasteiger partial charge in [-0.15, -0.1) is 5.10 Å². The highest BCUT2D eigenvalue weighted by Gasteiger charge is 2.22. The fourth-order valence-corrected chi connectivity index (χ4v) is 5.41. The summed E-state index contributed by atoms with van der Waals surface area (Å²) in [7, 11) is -3.89. The van der Waals surface area contributed by atoms with Crippen LogP contribution in [0, 0.1) is 13.8 Å². The van der Waals surface area contributed by atoms with Crippen LogP contribution < -0.4 is 4.72 Å². The van der Waals surface area contributed by atoms with Crippen molar-refractivity contribution in [1.82, 2.24) is 24.6 Å². The van der Waals surface area contributed by atoms with E-state index in [1.807, 2.05) is 41.9 Å². The summed E-state index contributed by atoms with van der Waals surface area (Å²) in [6.07, 6.45) is 3.75. The molecule has 0 aliphatic rings. The standard InChI is InChI=1S/C26H28N6O3S/c1-5-20-16-31(32-25(20)27-24(6-2)28-32)15-19-11-13-21(14-12-19)22-9-7-8-10-23(22)36(33,34)30-26-17(3)18(4)29-35-26/h7-14,16,30H,5-6,15H2,1-4H3. The van der Waals surface area contributed by atoms with E-state index < -0.39 is 10.0 Å². The summed E-state index contributed by atoms with van der Waals surface area (Å²) in [5.74, 6) is 0.952. The topological polar surface area (TPSA) is 107 Å². The fourth-order valence-electron chi connectivity index (χ4n) is 4.13. The summed E-state index contributed by atoms with van der Waals surface area (Å²) in [6, 6.07) is 14.8. The lowest BCUT2D eigenvalue weighted by Gasteiger charge is -2.12. The molecule has 3 aromatic heterocycles. The average Bonchev–Trinajstić information content (AvgIpc) is 3.55. The Morgan fingerprint density at radius 3 is 2.42 bits per heavy atom. The lowest BCUT2D eigenvalue weighted by atomic mass is 10.0. The van der Waals surface area contributed by atoms with Gasteiger partial charge in [-0.25, -0.2) is 18.1 Å². The molecule has 186 valence electrons. The van der Waals surface area contributed by atoms with Gasteiger partial charge in [0.25, 0.3) is 10.0 Å². The molecule has 0 spiro atoms. The first-order chi connectivity index (χ1) is 17.3. The lowest BCUT2D eigenvalue weighted by molar-refractivity contribution is 0.430. The van der Waals surface area contributed by atoms with Crippen molar-refractivity contribution in [3.63, 3.8) is 0 Å². The fraction of sp³-hybridized carbons (Fsp3) is 0.269. The van der Waals surface area contributed by atoms with E-state index in [1.165, 1.54) is 0 Å². The zero-order chi connectivity index (χ0) is 25.4. The van der Waals surface area contributed by atoms with Crippen LogP contribution in [-0.2, 0) is 29.4 Å². The molecule has 0 aliphatic carbocycles. The highest BCUT2D eigenvalue weighted by atomic mass is 32.2. The molecule has 0 fully saturated rings. The Labute approximate surface area is 209 Å². The van der Waals surface area contributed by atoms with Crippen molar-refractivity contribution in [2.45, 2.75) is 52.0 Å². The van der Waals surface area contributed by atoms with E-state index in [-0.39, 0.29) is 10.8 Å². The van der Waals surface area contributed by atoms with E-state index >= 15 is 0 Å². The number of anilines is 1. The van der Waals surface area contributed by atoms with E-state index in [0.29, 0.717) is 23.4 Å². The van der Waals surface area contributed by atoms with Gasteiger partial charge < -0.3 is 4.52 Å². The van der Waals surface area contributed by atoms with E-state index in [4.69, 9.17) is 4.52 Å². The van der Waals surface area contributed by atoms with Crippen LogP contribution in [-0.4, -0.2) is 33.0 Å². The molecule has 0 bridgehead atoms. The second kappa shape index (κ2) is 9.27. The van der Waals surface area contributed by atoms with Gasteiger partial charge in [0.05, 0.1) is 17.1 Å². The minimum absolute atomic E-state index is 0.126. The van der Waals surface area contributed by atoms with Crippen molar-refractivity contribution < 1.29 is 12.9 Å². The molecule has 0 amide bonds. The van der Waals surface area contributed by atoms with Crippen LogP contribution >= 0.6 is 0 Å². The smallest absolute Gasteiger partial charge is 0.264 e. The van der Waals surface area contributed by atoms with Gasteiger partial charge in [0, 0.05) is 29.3 Å². The molecule has 5 aromatic rings. The van der Waals surface area contributed by atoms with Crippen molar-refractivity contribution in [3.05, 3.63) is 82.9 Å². The van der Waals surface area contributed by atoms with Crippen molar-refractivity contribution >= 4 is 21.6 Å². The molecule has 0 unspecified atom stereocenters. The van der Waals surface area contributed by atoms with Crippen LogP contribution in [0.15, 0.2) is 64.1 Å². The molecule has 10 heteroatoms. The van der Waals surface area contributed by atoms with Crippen LogP contribution in [0.5, 0.6) is 0 Å². The average molecular weight is 505 g/mol. The Kier molecular flexibility index (Phi) is 6.13. The summed E-state index contributed by atoms with van der Waals surface area (Å²) in [6.45, 7) is 8.30. The first-order valence-electron chi connectivity index (χ1n) is 11.9. The largest absolute Gasteiger partial charge is 0.337 e. The molecule has 0 radical (unpaired) electrons. The van der Waals surface area contributed by atoms with Gasteiger partial charge >= 0.3 is 0 Å². The van der Waals surface area contributed by atoms with Gasteiger partial charge in [-0.05, 0) is 37.5 Å². The minimum Gasteiger partial charge on any atom is -0.337 e. The molecule has 0 saturated heterocycles. The first kappa shape index (κ1) is 23.8. The van der Waals surface area contributed by atoms with Crippen molar-refractivity contribution in [3.8, 4) is 11.1 Å². The Morgan fingerprint density at radius 1 is 1.00 bits per heavy atom. The highest BCUT2D eigenvalue weighted by Crippen LogP contribution is 2.30. The predicted octanol–water partition coefficient (Wildman–Crippen LogP) is 4.78. The summed E-state index contributed by atoms with van der Waals surface area (Å²) in [5.41, 5.74) is 5.82. The Morgan fingerprint density at radius 2 is 1.75 bits per heavy atom. The second-order valence-electron chi connectivity index (χ2n) is 8.72. The third-order valence-corrected chi connectivity index (χ3v) is 7.73. The molecule has 5 rings (SSSR count). The van der Waals surface area contributed by atoms with Crippen LogP contribution in [0.4, 0.5) is 5.88 Å². The Bertz CT molecular complexity index is 1640. The predicted molar refractivity (Wildman–Crippen MR) is 137 cm³/mol. The van der Waals surface area contributed by atoms with Crippen molar-refractivity contribution in [2.75, 3.05) is 4.72 Å². The van der Waals surface area contributed by atoms with Gasteiger partial charge in [0.1, 0.15) is 0 Å². The van der Waals surface area contributed by atoms with Gasteiger partial charge in [-0.2, -0.15) is 4.63 Å². The van der Waals surface area contributed by atoms with Crippen LogP contribution in [0.1, 0.15) is 42.1 Å². The summed E-state index contributed by atoms with van der Waals surface area (Å²) in [5, 5.41) is 8.46. The number of rotatable bonds is 8. The lowest BCUT2D eigenvalue weighted by Crippen LogP contribution is -2.14. The van der Waals surface area contributed by atoms with Gasteiger partial charge in [-0.3, -0.25) is 4.68 Å². The minimum atomic E-state index is -3.89. The van der Waals surface area contributed by atoms with Crippen molar-refractivity contribution in [1.29, 1.82) is 0 Å². The molecule has 1 N–H and O–H groups in total. The highest BCUT2D eigenvalue weighted by molar-refractivity contribution is 7.92. The number of benzene rings is 2. The number of nitrogens with zero attached hydrogens (tertiary/aromatic N) is 5. The van der Waals surface area contributed by atoms with Gasteiger partial charge in [0.15, 0.2) is 11.5 Å². The van der Waals surface area contributed by atoms with Crippen LogP contribution in [0.25, 0.3) is 16.8 Å². The van der Waals surface area contributed by atoms with Crippen LogP contribution in [0.2, 0.25) is 0 Å². The maximum absolute atomic E-state index is 13.2. The van der Waals surface area contributed by atoms with E-state index in [1.54, 1.807) is 32.0 Å². The molecular weight excluding hydrogens is 476 g/mol. The second-order valence-corrected chi connectivity index (χ2v) is 10.4. The number of aryl methyl sites for hydroxylation is 3. The van der Waals surface area contributed by atoms with Gasteiger partial charge in [-0.1, -0.05) is 61.5 Å². The third kappa shape index (κ3) is 4.28. The first-order valence-corrected chi connectivity index (χ1v) is 13.4. The number of fused-ring (bicyclic) bond motifs is 1. The SMILES string of the molecule is CCc1nc2c(CC)cn(Cc3ccc(-c4ccccc4S(=O)(=O)Nc4onc(C)c4C)cc3)n2n1. The molecular formula is C26H28N6O3S. The molecule has 36 heavy (non-hydrogen) atoms. The maximum atomic E-state index is 13.2. The maximum Gasteiger partial charge on any atom is 0.264 e. The normalized spacial score (nSPS) is 11.9. The van der Waals surface area contributed by atoms with E-state index in [9.17, 15) is 8.42 Å². The Balaban J connectivity index is 1.44. The van der Waals surface area contributed by atoms with Gasteiger partial charge in [0.2, 0.25) is 5.88 Å². The monoisotopic (exact) mass is 504 g/mol. The van der Waals surface area contributed by atoms with Crippen LogP contribution in [0.3, 0.4) is 0 Å². The zero-order valence-electron chi connectivity index (χ0n) is 20.7. The molecule has 9 nitrogen and oxygen atoms in total. The molecule has 0 aliphatic heterocycles. The number of nitrogens with one attached hydrogen (secondary N) is 1. The number of hydrogen-bond donors (Lipinski definition) is 1. The zero-order valence-corrected chi connectivity index (χ0v) is 21.5. The third-order valence-electron chi connectivity index (χ3n) is 6.34. The summed E-state index contributed by atoms with van der Waals surface area (Å²) >= 11 is 0. The van der Waals surface area contributed by atoms with E-state index in [0.717, 1.165) is 41.0 Å². The Hall–Kier alpha value is -3.92. The summed E-state index contributed by atoms with van der Waals surface area (Å²) < 4.78 is 38.1. The number of hydrogen-bond acceptors (Lipinski definition) is 6. The quantitative estimate of drug-likeness (QED) is 0.326. The van der Waals surface area contributed by atoms with E-state index in [2.05, 4.69) is 37.8 Å². The van der Waals surface area contributed by atoms with Crippen molar-refractivity contribution in [2.24, 2.45) is 0 Å². The number of aromatic nitrogens is 5. The number of sulfonamides is 1. The molecule has 3 heterocycles.